The minimum Gasteiger partial charge on any atom is -0.310 e. The van der Waals surface area contributed by atoms with Crippen LogP contribution >= 0.6 is 0 Å². The van der Waals surface area contributed by atoms with E-state index < -0.39 is 0 Å². The van der Waals surface area contributed by atoms with Gasteiger partial charge in [0.1, 0.15) is 5.82 Å². The first kappa shape index (κ1) is 12.5. The van der Waals surface area contributed by atoms with Crippen LogP contribution in [0.3, 0.4) is 0 Å². The molecule has 0 aliphatic heterocycles. The van der Waals surface area contributed by atoms with Gasteiger partial charge in [0.15, 0.2) is 0 Å². The second-order valence-electron chi connectivity index (χ2n) is 4.32. The summed E-state index contributed by atoms with van der Waals surface area (Å²) in [6, 6.07) is 5.70. The van der Waals surface area contributed by atoms with Crippen molar-refractivity contribution in [2.45, 2.75) is 33.1 Å². The molecule has 0 bridgehead atoms. The summed E-state index contributed by atoms with van der Waals surface area (Å²) in [5.74, 6) is 0.768. The Kier molecular flexibility index (Phi) is 3.87. The summed E-state index contributed by atoms with van der Waals surface area (Å²) in [5, 5.41) is 0. The monoisotopic (exact) mass is 243 g/mol. The fraction of sp³-hybridized carbons (Fsp3) is 0.357. The number of rotatable bonds is 4. The van der Waals surface area contributed by atoms with Gasteiger partial charge in [-0.2, -0.15) is 0 Å². The molecule has 94 valence electrons. The Morgan fingerprint density at radius 3 is 2.78 bits per heavy atom. The second-order valence-corrected chi connectivity index (χ2v) is 4.32. The number of nitrogens with one attached hydrogen (secondary N) is 1. The molecule has 0 atom stereocenters. The molecule has 2 heterocycles. The number of H-pyrrole nitrogens is 1. The normalized spacial score (nSPS) is 10.6. The van der Waals surface area contributed by atoms with E-state index in [-0.39, 0.29) is 5.56 Å². The highest BCUT2D eigenvalue weighted by atomic mass is 16.1. The van der Waals surface area contributed by atoms with Gasteiger partial charge in [-0.3, -0.25) is 9.78 Å². The van der Waals surface area contributed by atoms with Crippen molar-refractivity contribution in [3.05, 3.63) is 57.5 Å². The second kappa shape index (κ2) is 5.58. The lowest BCUT2D eigenvalue weighted by atomic mass is 10.1. The lowest BCUT2D eigenvalue weighted by molar-refractivity contribution is 0.801. The molecule has 4 nitrogen and oxygen atoms in total. The number of hydrogen-bond acceptors (Lipinski definition) is 3. The molecule has 0 spiro atoms. The van der Waals surface area contributed by atoms with Gasteiger partial charge < -0.3 is 4.98 Å². The maximum absolute atomic E-state index is 12.0. The average Bonchev–Trinajstić information content (AvgIpc) is 2.36. The van der Waals surface area contributed by atoms with Crippen LogP contribution in [0.2, 0.25) is 0 Å². The number of aryl methyl sites for hydroxylation is 2. The van der Waals surface area contributed by atoms with E-state index in [1.807, 2.05) is 25.1 Å². The molecule has 0 saturated heterocycles. The average molecular weight is 243 g/mol. The smallest absolute Gasteiger partial charge is 0.254 e. The predicted molar refractivity (Wildman–Crippen MR) is 70.6 cm³/mol. The van der Waals surface area contributed by atoms with E-state index >= 15 is 0 Å². The van der Waals surface area contributed by atoms with Gasteiger partial charge in [0, 0.05) is 36.0 Å². The molecule has 2 aromatic heterocycles. The molecule has 2 aromatic rings. The first-order valence-electron chi connectivity index (χ1n) is 6.19. The van der Waals surface area contributed by atoms with Gasteiger partial charge in [0.25, 0.3) is 5.56 Å². The summed E-state index contributed by atoms with van der Waals surface area (Å²) in [4.78, 5) is 23.5. The van der Waals surface area contributed by atoms with Crippen molar-refractivity contribution < 1.29 is 0 Å². The van der Waals surface area contributed by atoms with Crippen molar-refractivity contribution in [2.24, 2.45) is 0 Å². The highest BCUT2D eigenvalue weighted by Gasteiger charge is 2.09. The van der Waals surface area contributed by atoms with Crippen LogP contribution in [0.4, 0.5) is 0 Å². The highest BCUT2D eigenvalue weighted by Crippen LogP contribution is 2.06. The Labute approximate surface area is 106 Å². The zero-order valence-electron chi connectivity index (χ0n) is 10.7. The van der Waals surface area contributed by atoms with E-state index in [0.29, 0.717) is 12.0 Å². The molecule has 0 saturated carbocycles. The van der Waals surface area contributed by atoms with Crippen molar-refractivity contribution in [2.75, 3.05) is 0 Å². The van der Waals surface area contributed by atoms with Crippen molar-refractivity contribution >= 4 is 0 Å². The third-order valence-corrected chi connectivity index (χ3v) is 2.84. The van der Waals surface area contributed by atoms with Crippen molar-refractivity contribution in [1.29, 1.82) is 0 Å². The molecule has 0 aromatic carbocycles. The molecule has 4 heteroatoms. The zero-order valence-corrected chi connectivity index (χ0v) is 10.7. The van der Waals surface area contributed by atoms with Crippen molar-refractivity contribution in [3.8, 4) is 0 Å². The van der Waals surface area contributed by atoms with Gasteiger partial charge in [-0.25, -0.2) is 4.98 Å². The fourth-order valence-corrected chi connectivity index (χ4v) is 1.92. The Bertz CT molecular complexity index is 575. The number of aromatic amines is 1. The van der Waals surface area contributed by atoms with Gasteiger partial charge in [0.05, 0.1) is 0 Å². The summed E-state index contributed by atoms with van der Waals surface area (Å²) < 4.78 is 0. The van der Waals surface area contributed by atoms with Gasteiger partial charge in [-0.05, 0) is 25.5 Å². The number of pyridine rings is 1. The van der Waals surface area contributed by atoms with Crippen molar-refractivity contribution in [3.63, 3.8) is 0 Å². The van der Waals surface area contributed by atoms with Crippen LogP contribution in [0, 0.1) is 6.92 Å². The molecular weight excluding hydrogens is 226 g/mol. The maximum Gasteiger partial charge on any atom is 0.254 e. The van der Waals surface area contributed by atoms with Gasteiger partial charge in [-0.1, -0.05) is 13.0 Å². The Morgan fingerprint density at radius 2 is 2.17 bits per heavy atom. The Morgan fingerprint density at radius 1 is 1.33 bits per heavy atom. The molecule has 1 N–H and O–H groups in total. The van der Waals surface area contributed by atoms with Gasteiger partial charge >= 0.3 is 0 Å². The number of aromatic nitrogens is 3. The molecule has 18 heavy (non-hydrogen) atoms. The SMILES string of the molecule is CCCc1nc(C)c(Cc2ccccn2)c(=O)[nH]1. The van der Waals surface area contributed by atoms with E-state index in [9.17, 15) is 4.79 Å². The lowest BCUT2D eigenvalue weighted by Crippen LogP contribution is -2.19. The third kappa shape index (κ3) is 2.83. The highest BCUT2D eigenvalue weighted by molar-refractivity contribution is 5.23. The van der Waals surface area contributed by atoms with E-state index in [2.05, 4.69) is 21.9 Å². The van der Waals surface area contributed by atoms with Crippen LogP contribution in [0.1, 0.15) is 36.1 Å². The molecular formula is C14H17N3O. The lowest BCUT2D eigenvalue weighted by Gasteiger charge is -2.06. The van der Waals surface area contributed by atoms with Gasteiger partial charge in [-0.15, -0.1) is 0 Å². The first-order chi connectivity index (χ1) is 8.70. The number of hydrogen-bond donors (Lipinski definition) is 1. The summed E-state index contributed by atoms with van der Waals surface area (Å²) in [7, 11) is 0. The summed E-state index contributed by atoms with van der Waals surface area (Å²) in [6.45, 7) is 3.95. The molecule has 0 radical (unpaired) electrons. The van der Waals surface area contributed by atoms with E-state index in [1.165, 1.54) is 0 Å². The minimum atomic E-state index is -0.0448. The quantitative estimate of drug-likeness (QED) is 0.893. The minimum absolute atomic E-state index is 0.0448. The van der Waals surface area contributed by atoms with E-state index in [1.54, 1.807) is 6.20 Å². The number of nitrogens with zero attached hydrogens (tertiary/aromatic N) is 2. The Hall–Kier alpha value is -1.97. The summed E-state index contributed by atoms with van der Waals surface area (Å²) in [5.41, 5.74) is 2.34. The summed E-state index contributed by atoms with van der Waals surface area (Å²) >= 11 is 0. The van der Waals surface area contributed by atoms with Crippen LogP contribution in [0.15, 0.2) is 29.2 Å². The third-order valence-electron chi connectivity index (χ3n) is 2.84. The topological polar surface area (TPSA) is 58.6 Å². The van der Waals surface area contributed by atoms with E-state index in [4.69, 9.17) is 0 Å². The molecule has 0 fully saturated rings. The first-order valence-corrected chi connectivity index (χ1v) is 6.19. The van der Waals surface area contributed by atoms with E-state index in [0.717, 1.165) is 30.1 Å². The molecule has 0 aliphatic rings. The maximum atomic E-state index is 12.0. The fourth-order valence-electron chi connectivity index (χ4n) is 1.92. The standard InChI is InChI=1S/C14H17N3O/c1-3-6-13-16-10(2)12(14(18)17-13)9-11-7-4-5-8-15-11/h4-5,7-8H,3,6,9H2,1-2H3,(H,16,17,18). The van der Waals surface area contributed by atoms with Crippen molar-refractivity contribution in [1.82, 2.24) is 15.0 Å². The molecule has 0 aliphatic carbocycles. The van der Waals surface area contributed by atoms with Gasteiger partial charge in [0.2, 0.25) is 0 Å². The molecule has 2 rings (SSSR count). The van der Waals surface area contributed by atoms with Crippen LogP contribution in [0.5, 0.6) is 0 Å². The van der Waals surface area contributed by atoms with Crippen LogP contribution < -0.4 is 5.56 Å². The largest absolute Gasteiger partial charge is 0.310 e. The summed E-state index contributed by atoms with van der Waals surface area (Å²) in [6.07, 6.45) is 4.04. The molecule has 0 amide bonds. The van der Waals surface area contributed by atoms with Crippen LogP contribution in [-0.4, -0.2) is 15.0 Å². The molecule has 0 unspecified atom stereocenters. The van der Waals surface area contributed by atoms with Crippen LogP contribution in [-0.2, 0) is 12.8 Å². The zero-order chi connectivity index (χ0) is 13.0. The predicted octanol–water partition coefficient (Wildman–Crippen LogP) is 2.02. The Balaban J connectivity index is 2.32. The van der Waals surface area contributed by atoms with Crippen LogP contribution in [0.25, 0.3) is 0 Å².